The summed E-state index contributed by atoms with van der Waals surface area (Å²) in [5, 5.41) is 16.8. The van der Waals surface area contributed by atoms with Crippen LogP contribution < -0.4 is 0 Å². The molecule has 0 aromatic heterocycles. The van der Waals surface area contributed by atoms with E-state index in [4.69, 9.17) is 10.2 Å². The van der Waals surface area contributed by atoms with Gasteiger partial charge in [0.25, 0.3) is 0 Å². The minimum atomic E-state index is -1.31. The van der Waals surface area contributed by atoms with Crippen molar-refractivity contribution in [3.05, 3.63) is 24.4 Å². The molecule has 1 amide bonds. The minimum absolute atomic E-state index is 0.431. The van der Waals surface area contributed by atoms with Crippen LogP contribution in [0.3, 0.4) is 0 Å². The molecule has 64 valence electrons. The number of hydrogen-bond donors (Lipinski definition) is 2. The Kier molecular flexibility index (Phi) is 2.00. The molecule has 0 radical (unpaired) electrons. The molecule has 0 aliphatic carbocycles. The van der Waals surface area contributed by atoms with Crippen molar-refractivity contribution in [3.63, 3.8) is 0 Å². The van der Waals surface area contributed by atoms with Crippen LogP contribution in [0.1, 0.15) is 0 Å². The molecule has 12 heavy (non-hydrogen) atoms. The molecule has 0 atom stereocenters. The fourth-order valence-corrected chi connectivity index (χ4v) is 0.594. The average Bonchev–Trinajstić information content (AvgIpc) is 2.04. The summed E-state index contributed by atoms with van der Waals surface area (Å²) in [7, 11) is 0. The molecule has 0 saturated carbocycles. The maximum Gasteiger partial charge on any atom is 0.415 e. The lowest BCUT2D eigenvalue weighted by molar-refractivity contribution is -0.135. The first-order chi connectivity index (χ1) is 5.61. The van der Waals surface area contributed by atoms with Gasteiger partial charge in [-0.2, -0.15) is 0 Å². The van der Waals surface area contributed by atoms with Crippen LogP contribution in [-0.2, 0) is 9.53 Å². The Labute approximate surface area is 67.0 Å². The minimum Gasteiger partial charge on any atom is -0.475 e. The van der Waals surface area contributed by atoms with Gasteiger partial charge in [-0.05, 0) is 0 Å². The van der Waals surface area contributed by atoms with Gasteiger partial charge in [-0.1, -0.05) is 0 Å². The number of nitrogens with zero attached hydrogens (tertiary/aromatic N) is 1. The largest absolute Gasteiger partial charge is 0.475 e. The zero-order chi connectivity index (χ0) is 9.14. The maximum absolute atomic E-state index is 10.3. The summed E-state index contributed by atoms with van der Waals surface area (Å²) in [6.45, 7) is 0. The zero-order valence-electron chi connectivity index (χ0n) is 5.80. The molecule has 0 saturated heterocycles. The molecule has 2 N–H and O–H groups in total. The van der Waals surface area contributed by atoms with Crippen molar-refractivity contribution in [1.82, 2.24) is 4.90 Å². The zero-order valence-corrected chi connectivity index (χ0v) is 5.80. The molecule has 0 bridgehead atoms. The molecule has 1 rings (SSSR count). The quantitative estimate of drug-likeness (QED) is 0.596. The van der Waals surface area contributed by atoms with Gasteiger partial charge in [0.15, 0.2) is 0 Å². The van der Waals surface area contributed by atoms with Gasteiger partial charge < -0.3 is 14.9 Å². The van der Waals surface area contributed by atoms with Crippen LogP contribution in [0.4, 0.5) is 4.79 Å². The molecule has 1 aliphatic heterocycles. The highest BCUT2D eigenvalue weighted by molar-refractivity contribution is 5.85. The Morgan fingerprint density at radius 3 is 2.58 bits per heavy atom. The second-order valence-corrected chi connectivity index (χ2v) is 1.89. The number of carbonyl (C=O) groups is 2. The number of carboxylic acids is 1. The lowest BCUT2D eigenvalue weighted by Gasteiger charge is -2.13. The van der Waals surface area contributed by atoms with Crippen molar-refractivity contribution in [2.45, 2.75) is 0 Å². The van der Waals surface area contributed by atoms with Gasteiger partial charge in [-0.25, -0.2) is 9.59 Å². The first-order valence-electron chi connectivity index (χ1n) is 2.91. The Morgan fingerprint density at radius 1 is 1.42 bits per heavy atom. The van der Waals surface area contributed by atoms with Crippen molar-refractivity contribution >= 4 is 12.1 Å². The van der Waals surface area contributed by atoms with E-state index in [1.807, 2.05) is 0 Å². The smallest absolute Gasteiger partial charge is 0.415 e. The SMILES string of the molecule is O=C(O)C1=CN(C(=O)O)C=CO1. The highest BCUT2D eigenvalue weighted by Crippen LogP contribution is 2.08. The highest BCUT2D eigenvalue weighted by Gasteiger charge is 2.16. The van der Waals surface area contributed by atoms with Crippen LogP contribution >= 0.6 is 0 Å². The van der Waals surface area contributed by atoms with Gasteiger partial charge in [0.05, 0.1) is 12.4 Å². The number of rotatable bonds is 1. The summed E-state index contributed by atoms with van der Waals surface area (Å²) < 4.78 is 4.50. The van der Waals surface area contributed by atoms with Gasteiger partial charge >= 0.3 is 12.1 Å². The Balaban J connectivity index is 2.81. The molecule has 1 heterocycles. The van der Waals surface area contributed by atoms with Crippen molar-refractivity contribution in [3.8, 4) is 0 Å². The van der Waals surface area contributed by atoms with Crippen LogP contribution in [0.2, 0.25) is 0 Å². The number of amides is 1. The fraction of sp³-hybridized carbons (Fsp3) is 0. The van der Waals surface area contributed by atoms with E-state index >= 15 is 0 Å². The number of carboxylic acid groups (broad SMARTS) is 2. The first kappa shape index (κ1) is 8.12. The third-order valence-electron chi connectivity index (χ3n) is 1.10. The number of ether oxygens (including phenoxy) is 1. The third kappa shape index (κ3) is 1.54. The van der Waals surface area contributed by atoms with E-state index in [0.717, 1.165) is 18.7 Å². The van der Waals surface area contributed by atoms with Crippen molar-refractivity contribution in [2.75, 3.05) is 0 Å². The summed E-state index contributed by atoms with van der Waals surface area (Å²) >= 11 is 0. The molecule has 0 aromatic carbocycles. The van der Waals surface area contributed by atoms with Gasteiger partial charge in [0.2, 0.25) is 5.76 Å². The second-order valence-electron chi connectivity index (χ2n) is 1.89. The molecular formula is C6H5NO5. The molecule has 1 aliphatic rings. The fourth-order valence-electron chi connectivity index (χ4n) is 0.594. The highest BCUT2D eigenvalue weighted by atomic mass is 16.5. The predicted molar refractivity (Wildman–Crippen MR) is 35.8 cm³/mol. The third-order valence-corrected chi connectivity index (χ3v) is 1.10. The van der Waals surface area contributed by atoms with Crippen LogP contribution in [0.25, 0.3) is 0 Å². The maximum atomic E-state index is 10.3. The molecular weight excluding hydrogens is 166 g/mol. The van der Waals surface area contributed by atoms with Crippen molar-refractivity contribution in [2.24, 2.45) is 0 Å². The Morgan fingerprint density at radius 2 is 2.08 bits per heavy atom. The van der Waals surface area contributed by atoms with E-state index in [1.54, 1.807) is 0 Å². The normalized spacial score (nSPS) is 15.0. The molecule has 0 spiro atoms. The van der Waals surface area contributed by atoms with Crippen LogP contribution in [-0.4, -0.2) is 27.2 Å². The monoisotopic (exact) mass is 171 g/mol. The van der Waals surface area contributed by atoms with Crippen LogP contribution in [0, 0.1) is 0 Å². The molecule has 0 aromatic rings. The average molecular weight is 171 g/mol. The summed E-state index contributed by atoms with van der Waals surface area (Å²) in [5.74, 6) is -1.74. The van der Waals surface area contributed by atoms with E-state index in [2.05, 4.69) is 4.74 Å². The summed E-state index contributed by atoms with van der Waals surface area (Å²) in [6, 6.07) is 0. The molecule has 6 heteroatoms. The van der Waals surface area contributed by atoms with Gasteiger partial charge in [0.1, 0.15) is 6.26 Å². The van der Waals surface area contributed by atoms with E-state index < -0.39 is 17.8 Å². The van der Waals surface area contributed by atoms with Crippen LogP contribution in [0.5, 0.6) is 0 Å². The molecule has 0 unspecified atom stereocenters. The number of aliphatic carboxylic acids is 1. The van der Waals surface area contributed by atoms with Crippen LogP contribution in [0.15, 0.2) is 24.4 Å². The number of hydrogen-bond acceptors (Lipinski definition) is 3. The molecule has 0 fully saturated rings. The van der Waals surface area contributed by atoms with E-state index in [-0.39, 0.29) is 0 Å². The second kappa shape index (κ2) is 2.95. The Hall–Kier alpha value is -1.98. The van der Waals surface area contributed by atoms with Gasteiger partial charge in [-0.15, -0.1) is 0 Å². The van der Waals surface area contributed by atoms with E-state index in [0.29, 0.717) is 4.90 Å². The lowest BCUT2D eigenvalue weighted by Crippen LogP contribution is -2.22. The Bertz CT molecular complexity index is 280. The van der Waals surface area contributed by atoms with Crippen molar-refractivity contribution < 1.29 is 24.5 Å². The van der Waals surface area contributed by atoms with Crippen molar-refractivity contribution in [1.29, 1.82) is 0 Å². The van der Waals surface area contributed by atoms with Gasteiger partial charge in [0, 0.05) is 0 Å². The summed E-state index contributed by atoms with van der Waals surface area (Å²) in [5.41, 5.74) is 0. The summed E-state index contributed by atoms with van der Waals surface area (Å²) in [6.07, 6.45) is 1.67. The predicted octanol–water partition coefficient (Wildman–Crippen LogP) is 0.394. The van der Waals surface area contributed by atoms with Gasteiger partial charge in [-0.3, -0.25) is 4.90 Å². The topological polar surface area (TPSA) is 87.1 Å². The molecule has 6 nitrogen and oxygen atoms in total. The first-order valence-corrected chi connectivity index (χ1v) is 2.91. The van der Waals surface area contributed by atoms with E-state index in [1.165, 1.54) is 0 Å². The standard InChI is InChI=1S/C6H5NO5/c8-5(9)4-3-7(6(10)11)1-2-12-4/h1-3H,(H,8,9)(H,10,11). The summed E-state index contributed by atoms with van der Waals surface area (Å²) in [4.78, 5) is 21.3. The lowest BCUT2D eigenvalue weighted by atomic mass is 10.5. The van der Waals surface area contributed by atoms with E-state index in [9.17, 15) is 9.59 Å².